The van der Waals surface area contributed by atoms with Crippen molar-refractivity contribution in [3.63, 3.8) is 0 Å². The predicted octanol–water partition coefficient (Wildman–Crippen LogP) is -20.0. The summed E-state index contributed by atoms with van der Waals surface area (Å²) in [6.07, 6.45) is -2.33. The topological polar surface area (TPSA) is 504 Å². The van der Waals surface area contributed by atoms with E-state index < -0.39 is 6.16 Å². The first-order chi connectivity index (χ1) is 1.73. The molecule has 17 nitrogen and oxygen atoms in total. The molecule has 0 spiro atoms. The van der Waals surface area contributed by atoms with Crippen LogP contribution in [0.25, 0.3) is 0 Å². The largest absolute Gasteiger partial charge is 1.00 e. The Morgan fingerprint density at radius 2 is 0.400 bits per heavy atom. The fourth-order valence-electron chi connectivity index (χ4n) is 0. The van der Waals surface area contributed by atoms with Crippen molar-refractivity contribution < 1.29 is 151 Å². The van der Waals surface area contributed by atoms with Gasteiger partial charge in [-0.1, -0.05) is 0 Å². The van der Waals surface area contributed by atoms with E-state index >= 15 is 0 Å². The third-order valence-corrected chi connectivity index (χ3v) is 0. The van der Waals surface area contributed by atoms with Gasteiger partial charge in [-0.05, 0) is 6.16 Å². The van der Waals surface area contributed by atoms with Gasteiger partial charge in [0.15, 0.2) is 0 Å². The Morgan fingerprint density at radius 1 is 0.400 bits per heavy atom. The first kappa shape index (κ1) is 585. The zero-order chi connectivity index (χ0) is 3.58. The van der Waals surface area contributed by atoms with Crippen molar-refractivity contribution in [3.8, 4) is 0 Å². The number of carbonyl (C=O) groups is 1. The molecule has 0 aromatic carbocycles. The fourth-order valence-corrected chi connectivity index (χ4v) is 0. The molecule has 0 aromatic rings. The number of carboxylic acid groups (broad SMARTS) is 2. The minimum atomic E-state index is -2.33. The molecular formula is CH28Na2O17. The van der Waals surface area contributed by atoms with Crippen LogP contribution in [0.2, 0.25) is 0 Å². The third kappa shape index (κ3) is 11600. The zero-order valence-corrected chi connectivity index (χ0v) is 14.7. The molecule has 20 heavy (non-hydrogen) atoms. The Labute approximate surface area is 156 Å². The summed E-state index contributed by atoms with van der Waals surface area (Å²) in [5, 5.41) is 16.7. The van der Waals surface area contributed by atoms with Crippen molar-refractivity contribution in [1.29, 1.82) is 0 Å². The van der Waals surface area contributed by atoms with Crippen LogP contribution in [0, 0.1) is 0 Å². The molecule has 0 heterocycles. The minimum Gasteiger partial charge on any atom is -0.652 e. The molecule has 0 aliphatic carbocycles. The SMILES string of the molecule is O.O.O.O.O.O.O.O.O.O.O.O.O.O.O=C([O-])[O-].[Na+].[Na+]. The van der Waals surface area contributed by atoms with Gasteiger partial charge in [0.2, 0.25) is 0 Å². The Kier molecular flexibility index (Phi) is 14700. The molecule has 0 radical (unpaired) electrons. The van der Waals surface area contributed by atoms with E-state index in [-0.39, 0.29) is 136 Å². The van der Waals surface area contributed by atoms with Crippen molar-refractivity contribution in [2.24, 2.45) is 0 Å². The molecule has 0 bridgehead atoms. The van der Waals surface area contributed by atoms with E-state index in [1.54, 1.807) is 0 Å². The molecule has 0 atom stereocenters. The monoisotopic (exact) mass is 358 g/mol. The number of hydrogen-bond donors (Lipinski definition) is 0. The van der Waals surface area contributed by atoms with Crippen molar-refractivity contribution in [3.05, 3.63) is 0 Å². The second-order valence-electron chi connectivity index (χ2n) is 0.250. The van der Waals surface area contributed by atoms with Crippen LogP contribution in [0.15, 0.2) is 0 Å². The van der Waals surface area contributed by atoms with E-state index in [4.69, 9.17) is 15.0 Å². The summed E-state index contributed by atoms with van der Waals surface area (Å²) >= 11 is 0. The summed E-state index contributed by atoms with van der Waals surface area (Å²) in [5.41, 5.74) is 0. The number of rotatable bonds is 0. The van der Waals surface area contributed by atoms with Gasteiger partial charge >= 0.3 is 59.1 Å². The van der Waals surface area contributed by atoms with Crippen LogP contribution >= 0.6 is 0 Å². The average molecular weight is 358 g/mol. The van der Waals surface area contributed by atoms with E-state index in [1.807, 2.05) is 0 Å². The predicted molar refractivity (Wildman–Crippen MR) is 56.0 cm³/mol. The molecule has 0 saturated heterocycles. The fraction of sp³-hybridized carbons (Fsp3) is 0. The van der Waals surface area contributed by atoms with E-state index in [1.165, 1.54) is 0 Å². The van der Waals surface area contributed by atoms with Crippen LogP contribution in [0.1, 0.15) is 0 Å². The molecule has 19 heteroatoms. The van der Waals surface area contributed by atoms with Gasteiger partial charge in [-0.25, -0.2) is 0 Å². The Hall–Kier alpha value is 0.710. The molecule has 28 N–H and O–H groups in total. The summed E-state index contributed by atoms with van der Waals surface area (Å²) < 4.78 is 0. The molecule has 0 amide bonds. The minimum absolute atomic E-state index is 0. The maximum Gasteiger partial charge on any atom is 1.00 e. The van der Waals surface area contributed by atoms with Crippen LogP contribution in [-0.4, -0.2) is 82.8 Å². The Bertz CT molecular complexity index is 38.0. The van der Waals surface area contributed by atoms with E-state index in [0.29, 0.717) is 0 Å². The van der Waals surface area contributed by atoms with Crippen LogP contribution in [0.4, 0.5) is 4.79 Å². The van der Waals surface area contributed by atoms with E-state index in [9.17, 15) is 0 Å². The first-order valence-corrected chi connectivity index (χ1v) is 0.612. The number of hydrogen-bond acceptors (Lipinski definition) is 3. The maximum absolute atomic E-state index is 8.33. The summed E-state index contributed by atoms with van der Waals surface area (Å²) in [5.74, 6) is 0. The van der Waals surface area contributed by atoms with Crippen LogP contribution in [0.3, 0.4) is 0 Å². The molecule has 0 saturated carbocycles. The molecular weight excluding hydrogens is 330 g/mol. The van der Waals surface area contributed by atoms with Gasteiger partial charge in [0.05, 0.1) is 0 Å². The van der Waals surface area contributed by atoms with E-state index in [2.05, 4.69) is 0 Å². The van der Waals surface area contributed by atoms with Crippen LogP contribution < -0.4 is 69.3 Å². The van der Waals surface area contributed by atoms with Gasteiger partial charge in [-0.3, -0.25) is 0 Å². The van der Waals surface area contributed by atoms with Crippen LogP contribution in [-0.2, 0) is 0 Å². The molecule has 0 aliphatic rings. The Balaban J connectivity index is -0.000000000375. The van der Waals surface area contributed by atoms with Crippen molar-refractivity contribution >= 4 is 6.16 Å². The van der Waals surface area contributed by atoms with Gasteiger partial charge < -0.3 is 91.7 Å². The van der Waals surface area contributed by atoms with Crippen molar-refractivity contribution in [1.82, 2.24) is 0 Å². The summed E-state index contributed by atoms with van der Waals surface area (Å²) in [7, 11) is 0. The second kappa shape index (κ2) is 501. The normalized spacial score (nSPS) is 1.20. The smallest absolute Gasteiger partial charge is 0.652 e. The summed E-state index contributed by atoms with van der Waals surface area (Å²) in [4.78, 5) is 8.33. The maximum atomic E-state index is 8.33. The molecule has 0 fully saturated rings. The molecule has 0 unspecified atom stereocenters. The van der Waals surface area contributed by atoms with Crippen molar-refractivity contribution in [2.75, 3.05) is 0 Å². The van der Waals surface area contributed by atoms with Crippen molar-refractivity contribution in [2.45, 2.75) is 0 Å². The standard InChI is InChI=1S/CH2O3.2Na.14H2O/c2-1(3)4;;;;;;;;;;;;;;;;/h(H2,2,3,4);;;14*1H2/q;2*+1;;;;;;;;;;;;;;/p-2. The molecule has 0 aromatic heterocycles. The molecule has 136 valence electrons. The second-order valence-corrected chi connectivity index (χ2v) is 0.250. The van der Waals surface area contributed by atoms with Crippen LogP contribution in [0.5, 0.6) is 0 Å². The Morgan fingerprint density at radius 3 is 0.400 bits per heavy atom. The molecule has 0 aliphatic heterocycles. The van der Waals surface area contributed by atoms with Gasteiger partial charge in [0, 0.05) is 0 Å². The van der Waals surface area contributed by atoms with E-state index in [0.717, 1.165) is 0 Å². The third-order valence-electron chi connectivity index (χ3n) is 0. The molecule has 0 rings (SSSR count). The number of carbonyl (C=O) groups excluding carboxylic acids is 1. The summed E-state index contributed by atoms with van der Waals surface area (Å²) in [6, 6.07) is 0. The van der Waals surface area contributed by atoms with Gasteiger partial charge in [-0.15, -0.1) is 0 Å². The quantitative estimate of drug-likeness (QED) is 0.380. The van der Waals surface area contributed by atoms with Gasteiger partial charge in [0.25, 0.3) is 0 Å². The van der Waals surface area contributed by atoms with Gasteiger partial charge in [0.1, 0.15) is 0 Å². The van der Waals surface area contributed by atoms with Gasteiger partial charge in [-0.2, -0.15) is 0 Å². The summed E-state index contributed by atoms with van der Waals surface area (Å²) in [6.45, 7) is 0. The zero-order valence-electron chi connectivity index (χ0n) is 10.7. The first-order valence-electron chi connectivity index (χ1n) is 0.612. The average Bonchev–Trinajstić information content (AvgIpc) is 0.811.